The Morgan fingerprint density at radius 2 is 0.800 bits per heavy atom. The first kappa shape index (κ1) is 26.9. The zero-order chi connectivity index (χ0) is 27.7. The number of para-hydroxylation sites is 4. The van der Waals surface area contributed by atoms with E-state index in [1.807, 2.05) is 0 Å². The molecule has 4 unspecified atom stereocenters. The van der Waals surface area contributed by atoms with E-state index < -0.39 is 0 Å². The second kappa shape index (κ2) is 8.93. The van der Waals surface area contributed by atoms with Gasteiger partial charge in [0.2, 0.25) is 0 Å². The van der Waals surface area contributed by atoms with Gasteiger partial charge in [0.1, 0.15) is 11.4 Å². The maximum absolute atomic E-state index is 3.95. The number of benzene rings is 4. The molecular formula is C32H28I4N4+2. The van der Waals surface area contributed by atoms with Gasteiger partial charge < -0.3 is 10.6 Å². The highest BCUT2D eigenvalue weighted by atomic mass is 127. The van der Waals surface area contributed by atoms with Gasteiger partial charge in [-0.1, -0.05) is 72.8 Å². The summed E-state index contributed by atoms with van der Waals surface area (Å²) in [6.07, 6.45) is 0. The third kappa shape index (κ3) is 3.24. The molecule has 2 aliphatic heterocycles. The molecule has 4 nitrogen and oxygen atoms in total. The van der Waals surface area contributed by atoms with Gasteiger partial charge in [0.15, 0.2) is 23.5 Å². The summed E-state index contributed by atoms with van der Waals surface area (Å²) in [4.78, 5) is 0. The highest BCUT2D eigenvalue weighted by Crippen LogP contribution is 2.67. The van der Waals surface area contributed by atoms with Gasteiger partial charge in [0, 0.05) is 102 Å². The maximum atomic E-state index is 3.95. The monoisotopic (exact) mass is 976 g/mol. The number of anilines is 2. The third-order valence-electron chi connectivity index (χ3n) is 10.1. The molecule has 0 aromatic heterocycles. The van der Waals surface area contributed by atoms with Crippen molar-refractivity contribution in [2.75, 3.05) is 24.7 Å². The van der Waals surface area contributed by atoms with Gasteiger partial charge in [-0.2, -0.15) is 0 Å². The van der Waals surface area contributed by atoms with E-state index in [1.54, 1.807) is 0 Å². The van der Waals surface area contributed by atoms with Crippen LogP contribution < -0.4 is 19.6 Å². The van der Waals surface area contributed by atoms with E-state index in [0.29, 0.717) is 0 Å². The van der Waals surface area contributed by atoms with Crippen LogP contribution in [-0.4, -0.2) is 29.5 Å². The van der Waals surface area contributed by atoms with Crippen molar-refractivity contribution in [3.05, 3.63) is 119 Å². The predicted octanol–water partition coefficient (Wildman–Crippen LogP) is 9.10. The number of hydrogen-bond acceptors (Lipinski definition) is 2. The average Bonchev–Trinajstić information content (AvgIpc) is 3.30. The molecule has 0 radical (unpaired) electrons. The van der Waals surface area contributed by atoms with Crippen molar-refractivity contribution < 1.29 is 0 Å². The van der Waals surface area contributed by atoms with E-state index in [1.165, 1.54) is 45.0 Å². The number of halogens is 4. The van der Waals surface area contributed by atoms with E-state index in [4.69, 9.17) is 0 Å². The molecule has 0 saturated heterocycles. The van der Waals surface area contributed by atoms with Gasteiger partial charge in [-0.25, -0.2) is 8.97 Å². The van der Waals surface area contributed by atoms with Crippen molar-refractivity contribution in [1.82, 2.24) is 8.97 Å². The number of alkyl halides is 4. The van der Waals surface area contributed by atoms with Crippen LogP contribution in [0.5, 0.6) is 0 Å². The number of quaternary nitrogens is 2. The molecule has 0 saturated carbocycles. The zero-order valence-corrected chi connectivity index (χ0v) is 30.6. The van der Waals surface area contributed by atoms with E-state index in [0.717, 1.165) is 8.97 Å². The van der Waals surface area contributed by atoms with Crippen LogP contribution in [0.15, 0.2) is 97.1 Å². The fourth-order valence-electron chi connectivity index (χ4n) is 8.35. The Bertz CT molecular complexity index is 1530. The van der Waals surface area contributed by atoms with Crippen LogP contribution in [-0.2, 0) is 0 Å². The number of likely N-dealkylation sites (N-methyl/N-ethyl adjacent to an activating group) is 2. The Morgan fingerprint density at radius 1 is 0.500 bits per heavy atom. The lowest BCUT2D eigenvalue weighted by Crippen LogP contribution is -2.79. The predicted molar refractivity (Wildman–Crippen MR) is 201 cm³/mol. The van der Waals surface area contributed by atoms with Gasteiger partial charge in [0.05, 0.1) is 25.9 Å². The minimum absolute atomic E-state index is 0.255. The van der Waals surface area contributed by atoms with Crippen LogP contribution >= 0.6 is 90.4 Å². The van der Waals surface area contributed by atoms with Crippen LogP contribution in [0.25, 0.3) is 0 Å². The molecule has 4 aromatic rings. The van der Waals surface area contributed by atoms with Crippen LogP contribution in [0.4, 0.5) is 22.7 Å². The summed E-state index contributed by atoms with van der Waals surface area (Å²) in [5.74, 6) is 0.520. The molecule has 4 atom stereocenters. The van der Waals surface area contributed by atoms with Crippen molar-refractivity contribution in [3.8, 4) is 0 Å². The minimum atomic E-state index is -0.255. The standard InChI is InChI=1S/C32H28I4N4/c1-39(25-17-9-7-15-23(25)37-31(39,33)34)29-27-19-11-3-5-13-21(19)28(22-14-6-4-12-20(22)27)30(29)40(2)26-18-10-8-16-24(26)38-32(40,35)36/h3-18,27-30,37-38H,1-2H3/q+2. The lowest BCUT2D eigenvalue weighted by molar-refractivity contribution is 0.0814. The van der Waals surface area contributed by atoms with Gasteiger partial charge in [-0.15, -0.1) is 0 Å². The Morgan fingerprint density at radius 3 is 1.15 bits per heavy atom. The summed E-state index contributed by atoms with van der Waals surface area (Å²) in [5.41, 5.74) is 11.2. The van der Waals surface area contributed by atoms with E-state index >= 15 is 0 Å². The number of rotatable bonds is 2. The quantitative estimate of drug-likeness (QED) is 0.0908. The fraction of sp³-hybridized carbons (Fsp3) is 0.250. The lowest BCUT2D eigenvalue weighted by Gasteiger charge is -2.61. The van der Waals surface area contributed by atoms with Crippen LogP contribution in [0.1, 0.15) is 34.1 Å². The molecule has 8 heteroatoms. The topological polar surface area (TPSA) is 24.1 Å². The summed E-state index contributed by atoms with van der Waals surface area (Å²) in [6.45, 7) is 0. The van der Waals surface area contributed by atoms with Crippen molar-refractivity contribution in [2.24, 2.45) is 0 Å². The Balaban J connectivity index is 1.50. The van der Waals surface area contributed by atoms with Gasteiger partial charge in [-0.3, -0.25) is 0 Å². The maximum Gasteiger partial charge on any atom is 0.277 e. The first-order valence-electron chi connectivity index (χ1n) is 13.5. The SMILES string of the molecule is C[N+]1(C2C3c4ccccc4C(c4ccccc43)C2[N+]2(C)c3ccccc3NC2(I)I)c2ccccc2NC1(I)I. The van der Waals surface area contributed by atoms with E-state index in [-0.39, 0.29) is 27.3 Å². The number of nitrogens with one attached hydrogen (secondary N) is 2. The van der Waals surface area contributed by atoms with Crippen LogP contribution in [0.3, 0.4) is 0 Å². The average molecular weight is 976 g/mol. The van der Waals surface area contributed by atoms with Crippen LogP contribution in [0, 0.1) is 0 Å². The molecule has 2 heterocycles. The summed E-state index contributed by atoms with van der Waals surface area (Å²) < 4.78 is 1.10. The van der Waals surface area contributed by atoms with Gasteiger partial charge in [0.25, 0.3) is 3.35 Å². The molecule has 4 aromatic carbocycles. The molecule has 0 spiro atoms. The number of nitrogens with zero attached hydrogens (tertiary/aromatic N) is 2. The molecule has 2 bridgehead atoms. The minimum Gasteiger partial charge on any atom is -0.312 e. The summed E-state index contributed by atoms with van der Waals surface area (Å²) in [5, 5.41) is 7.90. The summed E-state index contributed by atoms with van der Waals surface area (Å²) in [7, 11) is 4.98. The van der Waals surface area contributed by atoms with Crippen molar-refractivity contribution in [2.45, 2.75) is 27.3 Å². The Labute approximate surface area is 290 Å². The molecular weight excluding hydrogens is 948 g/mol. The highest BCUT2D eigenvalue weighted by molar-refractivity contribution is 14.2. The molecule has 0 fully saturated rings. The van der Waals surface area contributed by atoms with Crippen molar-refractivity contribution in [1.29, 1.82) is 0 Å². The van der Waals surface area contributed by atoms with E-state index in [9.17, 15) is 0 Å². The largest absolute Gasteiger partial charge is 0.312 e. The molecule has 202 valence electrons. The van der Waals surface area contributed by atoms with Gasteiger partial charge in [-0.05, 0) is 34.4 Å². The van der Waals surface area contributed by atoms with Crippen LogP contribution in [0.2, 0.25) is 0 Å². The van der Waals surface area contributed by atoms with Crippen molar-refractivity contribution >= 4 is 113 Å². The normalized spacial score (nSPS) is 33.2. The zero-order valence-electron chi connectivity index (χ0n) is 22.0. The molecule has 9 rings (SSSR count). The Kier molecular flexibility index (Phi) is 6.01. The number of hydrogen-bond donors (Lipinski definition) is 2. The molecule has 40 heavy (non-hydrogen) atoms. The molecule has 3 aliphatic carbocycles. The third-order valence-corrected chi connectivity index (χ3v) is 15.2. The fourth-order valence-corrected chi connectivity index (χ4v) is 11.8. The Hall–Kier alpha value is -0.680. The van der Waals surface area contributed by atoms with Crippen molar-refractivity contribution in [3.63, 3.8) is 0 Å². The second-order valence-corrected chi connectivity index (χ2v) is 22.1. The summed E-state index contributed by atoms with van der Waals surface area (Å²) >= 11 is 10.8. The first-order chi connectivity index (χ1) is 19.1. The van der Waals surface area contributed by atoms with Gasteiger partial charge >= 0.3 is 0 Å². The number of fused-ring (bicyclic) bond motifs is 3. The highest BCUT2D eigenvalue weighted by Gasteiger charge is 2.73. The molecule has 0 amide bonds. The second-order valence-electron chi connectivity index (χ2n) is 11.7. The summed E-state index contributed by atoms with van der Waals surface area (Å²) in [6, 6.07) is 37.1. The smallest absolute Gasteiger partial charge is 0.277 e. The first-order valence-corrected chi connectivity index (χ1v) is 17.8. The lowest BCUT2D eigenvalue weighted by atomic mass is 9.57. The molecule has 5 aliphatic rings. The van der Waals surface area contributed by atoms with E-state index in [2.05, 4.69) is 212 Å². The molecule has 2 N–H and O–H groups in total.